The molecule has 0 aliphatic rings. The maximum absolute atomic E-state index is 13.3. The minimum Gasteiger partial charge on any atom is -0.487 e. The molecule has 542 valence electrons. The molecule has 12 heterocycles. The Bertz CT molecular complexity index is 6180. The molecule has 108 heavy (non-hydrogen) atoms. The van der Waals surface area contributed by atoms with Crippen molar-refractivity contribution in [3.05, 3.63) is 229 Å². The van der Waals surface area contributed by atoms with Crippen LogP contribution in [0.1, 0.15) is 67.2 Å². The second kappa shape index (κ2) is 30.8. The van der Waals surface area contributed by atoms with Gasteiger partial charge in [0.25, 0.3) is 5.91 Å². The summed E-state index contributed by atoms with van der Waals surface area (Å²) in [4.78, 5) is 31.9. The fourth-order valence-corrected chi connectivity index (χ4v) is 12.0. The molecule has 0 atom stereocenters. The van der Waals surface area contributed by atoms with Crippen LogP contribution < -0.4 is 30.7 Å². The average Bonchev–Trinajstić information content (AvgIpc) is 1.64. The molecule has 0 aliphatic carbocycles. The molecule has 6 aromatic carbocycles. The van der Waals surface area contributed by atoms with Crippen molar-refractivity contribution in [2.75, 3.05) is 41.9 Å². The van der Waals surface area contributed by atoms with Crippen molar-refractivity contribution < 1.29 is 36.8 Å². The third-order valence-electron chi connectivity index (χ3n) is 17.1. The highest BCUT2D eigenvalue weighted by atomic mass is 19.1. The number of nitrogens with one attached hydrogen (secondary N) is 7. The van der Waals surface area contributed by atoms with Crippen LogP contribution in [0.15, 0.2) is 213 Å². The molecule has 0 aliphatic heterocycles. The number of carbonyl (C=O) groups excluding carboxylic acids is 1. The van der Waals surface area contributed by atoms with Crippen LogP contribution in [0.4, 0.5) is 50.4 Å². The lowest BCUT2D eigenvalue weighted by molar-refractivity contribution is 0.0866. The van der Waals surface area contributed by atoms with Crippen molar-refractivity contribution in [2.24, 2.45) is 5.41 Å². The lowest BCUT2D eigenvalue weighted by Gasteiger charge is -2.15. The molecule has 0 saturated carbocycles. The van der Waals surface area contributed by atoms with Gasteiger partial charge in [0, 0.05) is 99.4 Å². The minimum absolute atomic E-state index is 0.122. The van der Waals surface area contributed by atoms with E-state index in [0.29, 0.717) is 69.1 Å². The number of aryl methyl sites for hydroxylation is 2. The summed E-state index contributed by atoms with van der Waals surface area (Å²) in [5, 5.41) is 59.6. The summed E-state index contributed by atoms with van der Waals surface area (Å²) in [6.45, 7) is 11.5. The molecule has 0 unspecified atom stereocenters. The molecule has 29 heteroatoms. The van der Waals surface area contributed by atoms with Gasteiger partial charge in [0.05, 0.1) is 40.0 Å². The molecule has 0 radical (unpaired) electrons. The number of pyridine rings is 4. The quantitative estimate of drug-likeness (QED) is 0.0395. The van der Waals surface area contributed by atoms with E-state index in [0.717, 1.165) is 125 Å². The number of hydrogen-bond donors (Lipinski definition) is 7. The highest BCUT2D eigenvalue weighted by Crippen LogP contribution is 2.34. The van der Waals surface area contributed by atoms with Crippen molar-refractivity contribution in [3.63, 3.8) is 0 Å². The number of likely N-dealkylation sites (N-methyl/N-ethyl adjacent to an activating group) is 1. The first-order valence-electron chi connectivity index (χ1n) is 34.7. The van der Waals surface area contributed by atoms with Crippen LogP contribution in [0.25, 0.3) is 88.0 Å². The normalized spacial score (nSPS) is 11.5. The summed E-state index contributed by atoms with van der Waals surface area (Å²) < 4.78 is 48.0. The molecular formula is C79H72FN21O7. The summed E-state index contributed by atoms with van der Waals surface area (Å²) in [6, 6.07) is 52.1. The van der Waals surface area contributed by atoms with Gasteiger partial charge in [0.1, 0.15) is 64.0 Å². The molecule has 18 aromatic rings. The monoisotopic (exact) mass is 1450 g/mol. The Labute approximate surface area is 614 Å². The van der Waals surface area contributed by atoms with E-state index in [1.165, 1.54) is 22.4 Å². The number of nitrogens with zero attached hydrogens (tertiary/aromatic N) is 14. The smallest absolute Gasteiger partial charge is 0.261 e. The Morgan fingerprint density at radius 2 is 0.917 bits per heavy atom. The molecule has 0 saturated heterocycles. The van der Waals surface area contributed by atoms with E-state index >= 15 is 0 Å². The van der Waals surface area contributed by atoms with Crippen LogP contribution in [0, 0.1) is 18.2 Å². The SMILES string of the molecule is CCCc1noc2cc(Nc3n[nH]c4cccnc34)ccc12.CN(C)CC(=O)n1nc(Nc2ccc3c(CC(C)(C)C)noc3c2)c2ncccc21.Cc1ccc(OCc2noc3cc(Nc4n[nH]c5cccnc45)ccc23)cc1.Fc1cccc(OCc2noc3cc(Nc4n[nH]c5cccnc45)ccc23)c1. The number of fused-ring (bicyclic) bond motifs is 8. The highest BCUT2D eigenvalue weighted by molar-refractivity contribution is 5.98. The number of aromatic amines is 3. The summed E-state index contributed by atoms with van der Waals surface area (Å²) >= 11 is 0. The zero-order valence-corrected chi connectivity index (χ0v) is 59.7. The van der Waals surface area contributed by atoms with Gasteiger partial charge in [-0.05, 0) is 161 Å². The fourth-order valence-electron chi connectivity index (χ4n) is 12.0. The van der Waals surface area contributed by atoms with Crippen LogP contribution in [0.3, 0.4) is 0 Å². The standard InChI is InChI=1S/C22H26N6O2.C21H17N5O2.C20H14FN5O2.C16H15N5O/c1-22(2,3)12-16-15-9-8-14(11-18(15)30-26-16)24-21-20-17(7-6-10-23-20)28(25-21)19(29)13-27(4)5;1-13-4-7-15(8-5-13)27-12-18-16-9-6-14(11-19(16)28-26-18)23-21-20-17(24-25-21)3-2-10-22-20;21-12-3-1-4-14(9-12)27-11-17-15-7-6-13(10-18(15)28-26-17)23-20-19-16(24-25-20)5-2-8-22-19;1-2-4-12-11-7-6-10(9-14(11)22-21-12)18-16-15-13(19-20-16)5-3-8-17-15/h6-11H,12-13H2,1-5H3,(H,24,25);2-11H,12H2,1H3,(H2,23,24,25);1-10H,11H2,(H2,23,24,25);3,5-9H,2,4H2,1H3,(H2,18,19,20). The number of carbonyl (C=O) groups is 1. The van der Waals surface area contributed by atoms with Crippen molar-refractivity contribution in [1.29, 1.82) is 0 Å². The second-order valence-corrected chi connectivity index (χ2v) is 26.9. The molecule has 28 nitrogen and oxygen atoms in total. The number of benzene rings is 6. The molecule has 0 amide bonds. The first kappa shape index (κ1) is 69.7. The molecule has 18 rings (SSSR count). The van der Waals surface area contributed by atoms with E-state index in [9.17, 15) is 9.18 Å². The van der Waals surface area contributed by atoms with Crippen molar-refractivity contribution in [3.8, 4) is 11.5 Å². The molecule has 12 aromatic heterocycles. The Kier molecular flexibility index (Phi) is 19.9. The van der Waals surface area contributed by atoms with Gasteiger partial charge >= 0.3 is 0 Å². The lowest BCUT2D eigenvalue weighted by atomic mass is 9.89. The number of hydrogen-bond acceptors (Lipinski definition) is 24. The Balaban J connectivity index is 0.000000115. The molecular weight excluding hydrogens is 1370 g/mol. The van der Waals surface area contributed by atoms with Crippen molar-refractivity contribution in [1.82, 2.24) is 85.8 Å². The third-order valence-corrected chi connectivity index (χ3v) is 17.1. The predicted molar refractivity (Wildman–Crippen MR) is 411 cm³/mol. The van der Waals surface area contributed by atoms with E-state index in [-0.39, 0.29) is 30.3 Å². The number of H-pyrrole nitrogens is 3. The van der Waals surface area contributed by atoms with Crippen LogP contribution in [0.5, 0.6) is 11.5 Å². The Hall–Kier alpha value is -14.0. The van der Waals surface area contributed by atoms with Gasteiger partial charge < -0.3 is 53.7 Å². The number of aromatic nitrogens is 16. The first-order chi connectivity index (χ1) is 52.6. The van der Waals surface area contributed by atoms with Crippen LogP contribution in [-0.4, -0.2) is 112 Å². The van der Waals surface area contributed by atoms with Gasteiger partial charge in [0.15, 0.2) is 45.6 Å². The van der Waals surface area contributed by atoms with Gasteiger partial charge in [-0.25, -0.2) is 4.39 Å². The highest BCUT2D eigenvalue weighted by Gasteiger charge is 2.22. The van der Waals surface area contributed by atoms with Gasteiger partial charge in [-0.15, -0.1) is 5.10 Å². The van der Waals surface area contributed by atoms with Crippen LogP contribution in [0.2, 0.25) is 0 Å². The third kappa shape index (κ3) is 15.9. The maximum atomic E-state index is 13.3. The predicted octanol–water partition coefficient (Wildman–Crippen LogP) is 17.2. The Morgan fingerprint density at radius 3 is 1.38 bits per heavy atom. The zero-order chi connectivity index (χ0) is 74.3. The van der Waals surface area contributed by atoms with Gasteiger partial charge in [0.2, 0.25) is 0 Å². The van der Waals surface area contributed by atoms with Gasteiger partial charge in [-0.1, -0.05) is 78.5 Å². The molecule has 0 fully saturated rings. The lowest BCUT2D eigenvalue weighted by Crippen LogP contribution is -2.27. The summed E-state index contributed by atoms with van der Waals surface area (Å²) in [5.74, 6) is 3.28. The summed E-state index contributed by atoms with van der Waals surface area (Å²) in [7, 11) is 3.70. The van der Waals surface area contributed by atoms with Crippen molar-refractivity contribution in [2.45, 2.75) is 67.1 Å². The summed E-state index contributed by atoms with van der Waals surface area (Å²) in [6.07, 6.45) is 9.70. The largest absolute Gasteiger partial charge is 0.487 e. The first-order valence-corrected chi connectivity index (χ1v) is 34.7. The Morgan fingerprint density at radius 1 is 0.491 bits per heavy atom. The maximum Gasteiger partial charge on any atom is 0.261 e. The van der Waals surface area contributed by atoms with E-state index in [4.69, 9.17) is 27.6 Å². The molecule has 7 N–H and O–H groups in total. The average molecular weight is 1450 g/mol. The van der Waals surface area contributed by atoms with Gasteiger partial charge in [-0.2, -0.15) is 20.0 Å². The number of rotatable bonds is 19. The topological polar surface area (TPSA) is 346 Å². The second-order valence-electron chi connectivity index (χ2n) is 26.9. The number of anilines is 8. The van der Waals surface area contributed by atoms with Crippen LogP contribution >= 0.6 is 0 Å². The van der Waals surface area contributed by atoms with E-state index < -0.39 is 0 Å². The number of halogens is 1. The minimum atomic E-state index is -0.349. The van der Waals surface area contributed by atoms with Gasteiger partial charge in [-0.3, -0.25) is 40.0 Å². The van der Waals surface area contributed by atoms with E-state index in [1.54, 1.807) is 43.0 Å². The van der Waals surface area contributed by atoms with E-state index in [1.807, 2.05) is 165 Å². The van der Waals surface area contributed by atoms with E-state index in [2.05, 4.69) is 125 Å². The molecule has 0 spiro atoms. The number of ether oxygens (including phenoxy) is 2. The van der Waals surface area contributed by atoms with Crippen LogP contribution in [-0.2, 0) is 26.1 Å². The fraction of sp³-hybridized carbons (Fsp3) is 0.177. The molecule has 0 bridgehead atoms. The van der Waals surface area contributed by atoms with Crippen molar-refractivity contribution >= 4 is 140 Å². The zero-order valence-electron chi connectivity index (χ0n) is 59.7. The summed E-state index contributed by atoms with van der Waals surface area (Å²) in [5.41, 5.74) is 17.0.